The Balaban J connectivity index is 1.55. The average Bonchev–Trinajstić information content (AvgIpc) is 3.13. The molecule has 5 amide bonds. The average molecular weight is 367 g/mol. The predicted molar refractivity (Wildman–Crippen MR) is 84.6 cm³/mol. The number of amides is 5. The zero-order chi connectivity index (χ0) is 18.9. The van der Waals surface area contributed by atoms with Gasteiger partial charge in [0.2, 0.25) is 0 Å². The Labute approximate surface area is 149 Å². The quantitative estimate of drug-likeness (QED) is 0.548. The highest BCUT2D eigenvalue weighted by Gasteiger charge is 2.55. The topological polar surface area (TPSA) is 122 Å². The molecule has 142 valence electrons. The molecule has 0 unspecified atom stereocenters. The summed E-state index contributed by atoms with van der Waals surface area (Å²) in [6, 6.07) is -0.629. The number of carbonyl (C=O) groups excluding carboxylic acids is 5. The molecule has 0 bridgehead atoms. The van der Waals surface area contributed by atoms with Gasteiger partial charge < -0.3 is 14.8 Å². The summed E-state index contributed by atoms with van der Waals surface area (Å²) in [6.45, 7) is 0.882. The fourth-order valence-corrected chi connectivity index (χ4v) is 3.65. The SMILES string of the molecule is C[C@H]1CCCC[C@@]12NC(=O)N(CC(=O)OCC(=O)N1CCOC1=O)C2=O. The highest BCUT2D eigenvalue weighted by atomic mass is 16.6. The zero-order valence-electron chi connectivity index (χ0n) is 14.5. The van der Waals surface area contributed by atoms with Gasteiger partial charge in [-0.15, -0.1) is 0 Å². The van der Waals surface area contributed by atoms with Gasteiger partial charge in [0.05, 0.1) is 6.54 Å². The van der Waals surface area contributed by atoms with E-state index in [0.29, 0.717) is 6.42 Å². The van der Waals surface area contributed by atoms with Gasteiger partial charge in [-0.1, -0.05) is 19.8 Å². The minimum Gasteiger partial charge on any atom is -0.454 e. The second-order valence-corrected chi connectivity index (χ2v) is 6.76. The minimum absolute atomic E-state index is 0.0172. The highest BCUT2D eigenvalue weighted by Crippen LogP contribution is 2.38. The molecule has 10 heteroatoms. The third-order valence-corrected chi connectivity index (χ3v) is 5.21. The Morgan fingerprint density at radius 3 is 2.73 bits per heavy atom. The number of cyclic esters (lactones) is 1. The second-order valence-electron chi connectivity index (χ2n) is 6.76. The Bertz CT molecular complexity index is 664. The lowest BCUT2D eigenvalue weighted by Gasteiger charge is -2.36. The lowest BCUT2D eigenvalue weighted by atomic mass is 9.73. The van der Waals surface area contributed by atoms with E-state index in [4.69, 9.17) is 4.74 Å². The molecule has 10 nitrogen and oxygen atoms in total. The first-order valence-electron chi connectivity index (χ1n) is 8.62. The molecular formula is C16H21N3O7. The standard InChI is InChI=1S/C16H21N3O7/c1-10-4-2-3-5-16(10)13(22)19(14(23)17-16)8-12(21)26-9-11(20)18-6-7-25-15(18)24/h10H,2-9H2,1H3,(H,17,23)/t10-,16+/m0/s1. The summed E-state index contributed by atoms with van der Waals surface area (Å²) in [6.07, 6.45) is 2.41. The molecule has 1 saturated carbocycles. The van der Waals surface area contributed by atoms with Crippen LogP contribution in [0.4, 0.5) is 9.59 Å². The number of nitrogens with zero attached hydrogens (tertiary/aromatic N) is 2. The van der Waals surface area contributed by atoms with Gasteiger partial charge in [0.1, 0.15) is 18.7 Å². The van der Waals surface area contributed by atoms with E-state index < -0.39 is 48.6 Å². The van der Waals surface area contributed by atoms with Crippen molar-refractivity contribution < 1.29 is 33.4 Å². The van der Waals surface area contributed by atoms with Gasteiger partial charge in [0, 0.05) is 0 Å². The van der Waals surface area contributed by atoms with Crippen molar-refractivity contribution >= 4 is 29.9 Å². The van der Waals surface area contributed by atoms with Gasteiger partial charge in [-0.25, -0.2) is 14.5 Å². The summed E-state index contributed by atoms with van der Waals surface area (Å²) in [5.41, 5.74) is -0.954. The van der Waals surface area contributed by atoms with Crippen LogP contribution in [0, 0.1) is 5.92 Å². The summed E-state index contributed by atoms with van der Waals surface area (Å²) < 4.78 is 9.44. The van der Waals surface area contributed by atoms with Crippen LogP contribution >= 0.6 is 0 Å². The molecule has 2 aliphatic heterocycles. The van der Waals surface area contributed by atoms with E-state index in [9.17, 15) is 24.0 Å². The van der Waals surface area contributed by atoms with E-state index in [1.165, 1.54) is 0 Å². The number of rotatable bonds is 4. The van der Waals surface area contributed by atoms with Crippen molar-refractivity contribution in [2.45, 2.75) is 38.1 Å². The zero-order valence-corrected chi connectivity index (χ0v) is 14.5. The third kappa shape index (κ3) is 3.11. The monoisotopic (exact) mass is 367 g/mol. The number of carbonyl (C=O) groups is 5. The molecule has 3 rings (SSSR count). The van der Waals surface area contributed by atoms with Crippen LogP contribution in [-0.4, -0.2) is 71.6 Å². The van der Waals surface area contributed by atoms with Crippen LogP contribution in [0.3, 0.4) is 0 Å². The Hall–Kier alpha value is -2.65. The van der Waals surface area contributed by atoms with Crippen LogP contribution < -0.4 is 5.32 Å². The normalized spacial score (nSPS) is 28.3. The van der Waals surface area contributed by atoms with Gasteiger partial charge in [0.15, 0.2) is 6.61 Å². The molecule has 2 heterocycles. The molecular weight excluding hydrogens is 346 g/mol. The van der Waals surface area contributed by atoms with E-state index >= 15 is 0 Å². The summed E-state index contributed by atoms with van der Waals surface area (Å²) in [5, 5.41) is 2.73. The van der Waals surface area contributed by atoms with Crippen LogP contribution in [0.1, 0.15) is 32.6 Å². The van der Waals surface area contributed by atoms with Crippen molar-refractivity contribution in [1.82, 2.24) is 15.1 Å². The van der Waals surface area contributed by atoms with Gasteiger partial charge in [-0.05, 0) is 18.8 Å². The number of nitrogens with one attached hydrogen (secondary N) is 1. The molecule has 2 saturated heterocycles. The fourth-order valence-electron chi connectivity index (χ4n) is 3.65. The van der Waals surface area contributed by atoms with E-state index in [1.54, 1.807) is 0 Å². The number of urea groups is 1. The Morgan fingerprint density at radius 1 is 1.31 bits per heavy atom. The largest absolute Gasteiger partial charge is 0.454 e. The Morgan fingerprint density at radius 2 is 2.08 bits per heavy atom. The highest BCUT2D eigenvalue weighted by molar-refractivity contribution is 6.09. The van der Waals surface area contributed by atoms with Gasteiger partial charge in [-0.3, -0.25) is 19.3 Å². The number of esters is 1. The molecule has 3 fully saturated rings. The maximum Gasteiger partial charge on any atom is 0.416 e. The van der Waals surface area contributed by atoms with Crippen molar-refractivity contribution in [3.8, 4) is 0 Å². The summed E-state index contributed by atoms with van der Waals surface area (Å²) in [4.78, 5) is 61.6. The van der Waals surface area contributed by atoms with Crippen LogP contribution in [0.2, 0.25) is 0 Å². The fraction of sp³-hybridized carbons (Fsp3) is 0.688. The molecule has 0 aromatic carbocycles. The molecule has 0 radical (unpaired) electrons. The lowest BCUT2D eigenvalue weighted by molar-refractivity contribution is -0.153. The first-order valence-corrected chi connectivity index (χ1v) is 8.62. The molecule has 1 aliphatic carbocycles. The van der Waals surface area contributed by atoms with Crippen LogP contribution in [0.5, 0.6) is 0 Å². The van der Waals surface area contributed by atoms with Crippen molar-refractivity contribution in [1.29, 1.82) is 0 Å². The molecule has 2 atom stereocenters. The van der Waals surface area contributed by atoms with Gasteiger partial charge in [0.25, 0.3) is 11.8 Å². The van der Waals surface area contributed by atoms with E-state index in [2.05, 4.69) is 10.1 Å². The summed E-state index contributed by atoms with van der Waals surface area (Å²) >= 11 is 0. The van der Waals surface area contributed by atoms with E-state index in [-0.39, 0.29) is 19.1 Å². The summed E-state index contributed by atoms with van der Waals surface area (Å²) in [7, 11) is 0. The first-order chi connectivity index (χ1) is 12.3. The second kappa shape index (κ2) is 6.93. The first kappa shape index (κ1) is 18.2. The lowest BCUT2D eigenvalue weighted by Crippen LogP contribution is -2.54. The number of hydrogen-bond acceptors (Lipinski definition) is 7. The van der Waals surface area contributed by atoms with Crippen molar-refractivity contribution in [3.63, 3.8) is 0 Å². The Kier molecular flexibility index (Phi) is 4.84. The third-order valence-electron chi connectivity index (χ3n) is 5.21. The summed E-state index contributed by atoms with van der Waals surface area (Å²) in [5.74, 6) is -2.05. The van der Waals surface area contributed by atoms with Crippen LogP contribution in [0.25, 0.3) is 0 Å². The molecule has 1 N–H and O–H groups in total. The molecule has 26 heavy (non-hydrogen) atoms. The number of ether oxygens (including phenoxy) is 2. The molecule has 3 aliphatic rings. The predicted octanol–water partition coefficient (Wildman–Crippen LogP) is 0.00910. The van der Waals surface area contributed by atoms with Crippen molar-refractivity contribution in [2.24, 2.45) is 5.92 Å². The van der Waals surface area contributed by atoms with E-state index in [0.717, 1.165) is 29.1 Å². The molecule has 1 spiro atoms. The van der Waals surface area contributed by atoms with Gasteiger partial charge in [-0.2, -0.15) is 0 Å². The van der Waals surface area contributed by atoms with E-state index in [1.807, 2.05) is 6.92 Å². The van der Waals surface area contributed by atoms with Crippen LogP contribution in [-0.2, 0) is 23.9 Å². The number of hydrogen-bond donors (Lipinski definition) is 1. The van der Waals surface area contributed by atoms with Crippen molar-refractivity contribution in [3.05, 3.63) is 0 Å². The maximum absolute atomic E-state index is 12.7. The smallest absolute Gasteiger partial charge is 0.416 e. The van der Waals surface area contributed by atoms with Crippen molar-refractivity contribution in [2.75, 3.05) is 26.3 Å². The van der Waals surface area contributed by atoms with Gasteiger partial charge >= 0.3 is 18.1 Å². The minimum atomic E-state index is -0.954. The molecule has 0 aromatic heterocycles. The number of imide groups is 2. The molecule has 0 aromatic rings. The maximum atomic E-state index is 12.7. The van der Waals surface area contributed by atoms with Crippen LogP contribution in [0.15, 0.2) is 0 Å².